The number of unbranched alkanes of at least 4 members (excludes halogenated alkanes) is 5. The number of benzene rings is 2. The second-order valence-corrected chi connectivity index (χ2v) is 7.95. The Kier molecular flexibility index (Phi) is 9.10. The Hall–Kier alpha value is -3.09. The maximum absolute atomic E-state index is 14.4. The third-order valence-corrected chi connectivity index (χ3v) is 5.32. The van der Waals surface area contributed by atoms with Gasteiger partial charge in [0, 0.05) is 18.0 Å². The highest BCUT2D eigenvalue weighted by Gasteiger charge is 2.13. The van der Waals surface area contributed by atoms with Gasteiger partial charge in [-0.15, -0.1) is 0 Å². The molecule has 0 fully saturated rings. The van der Waals surface area contributed by atoms with Gasteiger partial charge in [-0.2, -0.15) is 4.39 Å². The Morgan fingerprint density at radius 3 is 2.18 bits per heavy atom. The molecule has 0 bridgehead atoms. The van der Waals surface area contributed by atoms with Gasteiger partial charge in [-0.25, -0.2) is 18.7 Å². The highest BCUT2D eigenvalue weighted by molar-refractivity contribution is 5.62. The highest BCUT2D eigenvalue weighted by atomic mass is 19.2. The average molecular weight is 459 g/mol. The summed E-state index contributed by atoms with van der Waals surface area (Å²) in [6.07, 6.45) is 9.92. The van der Waals surface area contributed by atoms with Gasteiger partial charge in [-0.3, -0.25) is 0 Å². The maximum atomic E-state index is 14.4. The molecule has 0 N–H and O–H groups in total. The van der Waals surface area contributed by atoms with Crippen molar-refractivity contribution in [2.75, 3.05) is 6.61 Å². The summed E-state index contributed by atoms with van der Waals surface area (Å²) < 4.78 is 52.8. The first-order valence-corrected chi connectivity index (χ1v) is 11.3. The van der Waals surface area contributed by atoms with Crippen LogP contribution in [-0.2, 0) is 6.61 Å². The van der Waals surface area contributed by atoms with Crippen LogP contribution >= 0.6 is 0 Å². The number of nitrogens with zero attached hydrogens (tertiary/aromatic N) is 2. The normalized spacial score (nSPS) is 10.9. The fraction of sp³-hybridized carbons (Fsp3) is 0.385. The molecule has 0 saturated carbocycles. The smallest absolute Gasteiger partial charge is 0.200 e. The summed E-state index contributed by atoms with van der Waals surface area (Å²) in [6.45, 7) is 4.02. The van der Waals surface area contributed by atoms with Gasteiger partial charge in [0.1, 0.15) is 6.61 Å². The molecule has 1 aromatic heterocycles. The first-order valence-electron chi connectivity index (χ1n) is 11.3. The lowest BCUT2D eigenvalue weighted by Gasteiger charge is -2.10. The zero-order chi connectivity index (χ0) is 23.6. The van der Waals surface area contributed by atoms with E-state index in [1.54, 1.807) is 12.1 Å². The fourth-order valence-corrected chi connectivity index (χ4v) is 3.32. The molecule has 0 radical (unpaired) electrons. The number of aryl methyl sites for hydroxylation is 1. The molecule has 1 heterocycles. The van der Waals surface area contributed by atoms with E-state index in [-0.39, 0.29) is 23.7 Å². The molecule has 33 heavy (non-hydrogen) atoms. The molecule has 0 spiro atoms. The second-order valence-electron chi connectivity index (χ2n) is 7.95. The summed E-state index contributed by atoms with van der Waals surface area (Å²) in [5, 5.41) is 0. The summed E-state index contributed by atoms with van der Waals surface area (Å²) in [4.78, 5) is 8.35. The molecule has 7 heteroatoms. The zero-order valence-corrected chi connectivity index (χ0v) is 19.0. The molecule has 2 aromatic carbocycles. The molecule has 3 rings (SSSR count). The third kappa shape index (κ3) is 6.94. The summed E-state index contributed by atoms with van der Waals surface area (Å²) in [5.41, 5.74) is 1.43. The van der Waals surface area contributed by atoms with Gasteiger partial charge in [-0.05, 0) is 42.7 Å². The van der Waals surface area contributed by atoms with E-state index in [0.29, 0.717) is 23.6 Å². The molecule has 0 saturated heterocycles. The van der Waals surface area contributed by atoms with E-state index >= 15 is 0 Å². The predicted octanol–water partition coefficient (Wildman–Crippen LogP) is 7.19. The number of hydrogen-bond donors (Lipinski definition) is 0. The van der Waals surface area contributed by atoms with Crippen molar-refractivity contribution in [3.8, 4) is 22.6 Å². The van der Waals surface area contributed by atoms with E-state index < -0.39 is 17.5 Å². The number of hydrogen-bond acceptors (Lipinski definition) is 4. The quantitative estimate of drug-likeness (QED) is 0.270. The minimum atomic E-state index is -1.04. The third-order valence-electron chi connectivity index (χ3n) is 5.32. The summed E-state index contributed by atoms with van der Waals surface area (Å²) >= 11 is 0. The molecule has 4 nitrogen and oxygen atoms in total. The Balaban J connectivity index is 1.53. The van der Waals surface area contributed by atoms with E-state index in [1.165, 1.54) is 63.2 Å². The molecule has 0 aliphatic carbocycles. The first kappa shape index (κ1) is 24.6. The van der Waals surface area contributed by atoms with Crippen molar-refractivity contribution >= 4 is 0 Å². The summed E-state index contributed by atoms with van der Waals surface area (Å²) in [6, 6.07) is 7.54. The molecule has 3 aromatic rings. The topological polar surface area (TPSA) is 44.2 Å². The number of halogens is 3. The molecular formula is C26H29F3N2O2. The Bertz CT molecular complexity index is 1040. The minimum absolute atomic E-state index is 0.126. The number of rotatable bonds is 12. The van der Waals surface area contributed by atoms with E-state index in [9.17, 15) is 13.2 Å². The summed E-state index contributed by atoms with van der Waals surface area (Å²) in [5.74, 6) is -2.11. The van der Waals surface area contributed by atoms with Crippen LogP contribution in [0.25, 0.3) is 11.1 Å². The van der Waals surface area contributed by atoms with Crippen molar-refractivity contribution in [3.63, 3.8) is 0 Å². The SMILES string of the molecule is CCCCCCCCOc1ccc(-c2cnc(COc3ccc(C)c(F)c3F)nc2)cc1F. The predicted molar refractivity (Wildman–Crippen MR) is 122 cm³/mol. The van der Waals surface area contributed by atoms with E-state index in [2.05, 4.69) is 16.9 Å². The van der Waals surface area contributed by atoms with Crippen LogP contribution in [0.5, 0.6) is 11.5 Å². The minimum Gasteiger partial charge on any atom is -0.491 e. The van der Waals surface area contributed by atoms with Crippen LogP contribution in [-0.4, -0.2) is 16.6 Å². The molecule has 0 amide bonds. The van der Waals surface area contributed by atoms with Gasteiger partial charge >= 0.3 is 0 Å². The molecular weight excluding hydrogens is 429 g/mol. The van der Waals surface area contributed by atoms with E-state index in [1.807, 2.05) is 0 Å². The standard InChI is InChI=1S/C26H29F3N2O2/c1-3-4-5-6-7-8-13-32-22-12-10-19(14-21(22)27)20-15-30-24(31-16-20)17-33-23-11-9-18(2)25(28)26(23)29/h9-12,14-16H,3-8,13,17H2,1-2H3. The van der Waals surface area contributed by atoms with E-state index in [4.69, 9.17) is 9.47 Å². The summed E-state index contributed by atoms with van der Waals surface area (Å²) in [7, 11) is 0. The van der Waals surface area contributed by atoms with Gasteiger partial charge < -0.3 is 9.47 Å². The van der Waals surface area contributed by atoms with E-state index in [0.717, 1.165) is 12.8 Å². The monoisotopic (exact) mass is 458 g/mol. The van der Waals surface area contributed by atoms with Crippen molar-refractivity contribution in [2.45, 2.75) is 59.0 Å². The molecule has 0 unspecified atom stereocenters. The van der Waals surface area contributed by atoms with Gasteiger partial charge in [0.05, 0.1) is 6.61 Å². The lowest BCUT2D eigenvalue weighted by Crippen LogP contribution is -2.04. The van der Waals surface area contributed by atoms with Crippen molar-refractivity contribution < 1.29 is 22.6 Å². The lowest BCUT2D eigenvalue weighted by atomic mass is 10.1. The van der Waals surface area contributed by atoms with Crippen molar-refractivity contribution in [1.82, 2.24) is 9.97 Å². The fourth-order valence-electron chi connectivity index (χ4n) is 3.32. The Labute approximate surface area is 192 Å². The van der Waals surface area contributed by atoms with Crippen LogP contribution in [0, 0.1) is 24.4 Å². The van der Waals surface area contributed by atoms with Crippen LogP contribution in [0.1, 0.15) is 56.8 Å². The first-order chi connectivity index (χ1) is 16.0. The maximum Gasteiger partial charge on any atom is 0.200 e. The van der Waals surface area contributed by atoms with Crippen LogP contribution in [0.3, 0.4) is 0 Å². The van der Waals surface area contributed by atoms with Gasteiger partial charge in [-0.1, -0.05) is 51.2 Å². The van der Waals surface area contributed by atoms with Crippen molar-refractivity contribution in [1.29, 1.82) is 0 Å². The van der Waals surface area contributed by atoms with Gasteiger partial charge in [0.2, 0.25) is 5.82 Å². The zero-order valence-electron chi connectivity index (χ0n) is 19.0. The molecule has 0 aliphatic heterocycles. The molecule has 0 atom stereocenters. The Morgan fingerprint density at radius 1 is 0.758 bits per heavy atom. The van der Waals surface area contributed by atoms with Crippen LogP contribution in [0.4, 0.5) is 13.2 Å². The average Bonchev–Trinajstić information content (AvgIpc) is 2.83. The number of aromatic nitrogens is 2. The second kappa shape index (κ2) is 12.2. The van der Waals surface area contributed by atoms with Crippen molar-refractivity contribution in [3.05, 3.63) is 71.6 Å². The van der Waals surface area contributed by atoms with Gasteiger partial charge in [0.25, 0.3) is 0 Å². The van der Waals surface area contributed by atoms with Gasteiger partial charge in [0.15, 0.2) is 29.0 Å². The van der Waals surface area contributed by atoms with Crippen molar-refractivity contribution in [2.24, 2.45) is 0 Å². The Morgan fingerprint density at radius 2 is 1.45 bits per heavy atom. The highest BCUT2D eigenvalue weighted by Crippen LogP contribution is 2.26. The van der Waals surface area contributed by atoms with Crippen LogP contribution in [0.2, 0.25) is 0 Å². The number of ether oxygens (including phenoxy) is 2. The molecule has 0 aliphatic rings. The molecule has 176 valence electrons. The lowest BCUT2D eigenvalue weighted by molar-refractivity contribution is 0.275. The largest absolute Gasteiger partial charge is 0.491 e. The van der Waals surface area contributed by atoms with Crippen LogP contribution in [0.15, 0.2) is 42.7 Å². The van der Waals surface area contributed by atoms with Crippen LogP contribution < -0.4 is 9.47 Å².